The lowest BCUT2D eigenvalue weighted by Gasteiger charge is -2.15. The molecular weight excluding hydrogens is 310 g/mol. The highest BCUT2D eigenvalue weighted by Crippen LogP contribution is 2.33. The first-order valence-electron chi connectivity index (χ1n) is 8.14. The molecule has 0 radical (unpaired) electrons. The molecule has 1 aromatic heterocycles. The number of nitrogens with one attached hydrogen (secondary N) is 3. The molecule has 134 valence electrons. The van der Waals surface area contributed by atoms with Crippen molar-refractivity contribution in [3.05, 3.63) is 23.5 Å². The second-order valence-electron chi connectivity index (χ2n) is 6.08. The number of aldehydes is 1. The van der Waals surface area contributed by atoms with E-state index in [1.807, 2.05) is 19.2 Å². The Labute approximate surface area is 142 Å². The first-order valence-corrected chi connectivity index (χ1v) is 8.14. The number of anilines is 1. The number of aliphatic hydroxyl groups excluding tert-OH is 1. The van der Waals surface area contributed by atoms with Crippen LogP contribution in [0.25, 0.3) is 0 Å². The van der Waals surface area contributed by atoms with Gasteiger partial charge in [0.2, 0.25) is 0 Å². The van der Waals surface area contributed by atoms with E-state index in [9.17, 15) is 9.90 Å². The van der Waals surface area contributed by atoms with Crippen molar-refractivity contribution in [2.24, 2.45) is 0 Å². The van der Waals surface area contributed by atoms with Gasteiger partial charge in [0, 0.05) is 38.9 Å². The van der Waals surface area contributed by atoms with Crippen molar-refractivity contribution in [3.8, 4) is 0 Å². The molecule has 1 aliphatic heterocycles. The molecule has 4 N–H and O–H groups in total. The Morgan fingerprint density at radius 2 is 2.33 bits per heavy atom. The number of carbonyl (C=O) groups is 1. The van der Waals surface area contributed by atoms with E-state index in [0.717, 1.165) is 37.1 Å². The molecule has 3 atom stereocenters. The van der Waals surface area contributed by atoms with Crippen molar-refractivity contribution < 1.29 is 14.6 Å². The first kappa shape index (κ1) is 18.4. The van der Waals surface area contributed by atoms with E-state index in [2.05, 4.69) is 20.9 Å². The van der Waals surface area contributed by atoms with E-state index in [0.29, 0.717) is 18.2 Å². The summed E-state index contributed by atoms with van der Waals surface area (Å²) in [5.41, 5.74) is 4.84. The van der Waals surface area contributed by atoms with E-state index < -0.39 is 0 Å². The van der Waals surface area contributed by atoms with E-state index in [1.54, 1.807) is 19.2 Å². The highest BCUT2D eigenvalue weighted by Gasteiger charge is 2.25. The number of aromatic amines is 1. The lowest BCUT2D eigenvalue weighted by atomic mass is 10.0. The van der Waals surface area contributed by atoms with E-state index in [-0.39, 0.29) is 12.1 Å². The minimum absolute atomic E-state index is 0.119. The van der Waals surface area contributed by atoms with Gasteiger partial charge in [-0.05, 0) is 25.3 Å². The Morgan fingerprint density at radius 3 is 2.83 bits per heavy atom. The van der Waals surface area contributed by atoms with Gasteiger partial charge in [-0.1, -0.05) is 0 Å². The number of H-pyrrole nitrogens is 1. The summed E-state index contributed by atoms with van der Waals surface area (Å²) in [7, 11) is 5.29. The summed E-state index contributed by atoms with van der Waals surface area (Å²) in [5, 5.41) is 21.1. The number of rotatable bonds is 5. The molecule has 8 nitrogen and oxygen atoms in total. The molecule has 3 rings (SSSR count). The zero-order valence-corrected chi connectivity index (χ0v) is 14.5. The summed E-state index contributed by atoms with van der Waals surface area (Å²) in [6.45, 7) is 0.585. The number of allylic oxidation sites excluding steroid dienone is 1. The predicted molar refractivity (Wildman–Crippen MR) is 91.4 cm³/mol. The predicted octanol–water partition coefficient (Wildman–Crippen LogP) is 0.614. The highest BCUT2D eigenvalue weighted by atomic mass is 16.5. The number of carbonyl (C=O) groups excluding carboxylic acids is 1. The SMILES string of the molecule is CNc1cc(C2CCC(O)C2)[nH]n1.COCC1C=C(C=O)N(C)N1. The van der Waals surface area contributed by atoms with Gasteiger partial charge in [0.15, 0.2) is 6.29 Å². The zero-order valence-electron chi connectivity index (χ0n) is 14.5. The Hall–Kier alpha value is -1.90. The highest BCUT2D eigenvalue weighted by molar-refractivity contribution is 5.73. The normalized spacial score (nSPS) is 25.9. The van der Waals surface area contributed by atoms with Crippen LogP contribution in [0.3, 0.4) is 0 Å². The number of methoxy groups -OCH3 is 1. The summed E-state index contributed by atoms with van der Waals surface area (Å²) in [4.78, 5) is 10.4. The van der Waals surface area contributed by atoms with Crippen LogP contribution in [0.4, 0.5) is 5.82 Å². The van der Waals surface area contributed by atoms with Crippen LogP contribution < -0.4 is 10.7 Å². The minimum atomic E-state index is -0.119. The third kappa shape index (κ3) is 4.80. The minimum Gasteiger partial charge on any atom is -0.393 e. The second-order valence-corrected chi connectivity index (χ2v) is 6.08. The van der Waals surface area contributed by atoms with Gasteiger partial charge in [0.1, 0.15) is 5.82 Å². The monoisotopic (exact) mass is 337 g/mol. The molecule has 2 aliphatic rings. The van der Waals surface area contributed by atoms with Crippen molar-refractivity contribution >= 4 is 12.1 Å². The summed E-state index contributed by atoms with van der Waals surface area (Å²) in [5.74, 6) is 1.33. The van der Waals surface area contributed by atoms with Crippen LogP contribution in [0.15, 0.2) is 17.8 Å². The number of likely N-dealkylation sites (N-methyl/N-ethyl adjacent to an activating group) is 1. The molecule has 8 heteroatoms. The van der Waals surface area contributed by atoms with Crippen LogP contribution in [0.2, 0.25) is 0 Å². The van der Waals surface area contributed by atoms with Gasteiger partial charge >= 0.3 is 0 Å². The summed E-state index contributed by atoms with van der Waals surface area (Å²) in [6, 6.07) is 2.15. The number of hydrazine groups is 1. The molecule has 0 amide bonds. The molecule has 0 spiro atoms. The molecule has 24 heavy (non-hydrogen) atoms. The van der Waals surface area contributed by atoms with E-state index in [1.165, 1.54) is 0 Å². The van der Waals surface area contributed by atoms with Gasteiger partial charge in [0.05, 0.1) is 24.4 Å². The smallest absolute Gasteiger partial charge is 0.167 e. The van der Waals surface area contributed by atoms with Crippen LogP contribution in [0, 0.1) is 0 Å². The third-order valence-corrected chi connectivity index (χ3v) is 4.28. The average molecular weight is 337 g/mol. The van der Waals surface area contributed by atoms with E-state index in [4.69, 9.17) is 4.74 Å². The first-order chi connectivity index (χ1) is 11.6. The molecule has 1 saturated carbocycles. The van der Waals surface area contributed by atoms with Gasteiger partial charge < -0.3 is 20.2 Å². The van der Waals surface area contributed by atoms with Gasteiger partial charge in [0.25, 0.3) is 0 Å². The van der Waals surface area contributed by atoms with Crippen LogP contribution in [0.1, 0.15) is 30.9 Å². The fourth-order valence-corrected chi connectivity index (χ4v) is 2.98. The number of ether oxygens (including phenoxy) is 1. The lowest BCUT2D eigenvalue weighted by Crippen LogP contribution is -2.36. The molecule has 0 bridgehead atoms. The van der Waals surface area contributed by atoms with Crippen molar-refractivity contribution in [2.75, 3.05) is 33.1 Å². The lowest BCUT2D eigenvalue weighted by molar-refractivity contribution is -0.106. The average Bonchev–Trinajstić information content (AvgIpc) is 3.28. The topological polar surface area (TPSA) is 103 Å². The number of hydrogen-bond donors (Lipinski definition) is 4. The number of nitrogens with zero attached hydrogens (tertiary/aromatic N) is 2. The van der Waals surface area contributed by atoms with Gasteiger partial charge in [-0.2, -0.15) is 5.10 Å². The van der Waals surface area contributed by atoms with Crippen molar-refractivity contribution in [1.29, 1.82) is 0 Å². The number of aromatic nitrogens is 2. The largest absolute Gasteiger partial charge is 0.393 e. The fourth-order valence-electron chi connectivity index (χ4n) is 2.98. The summed E-state index contributed by atoms with van der Waals surface area (Å²) >= 11 is 0. The maximum Gasteiger partial charge on any atom is 0.167 e. The van der Waals surface area contributed by atoms with Crippen molar-refractivity contribution in [3.63, 3.8) is 0 Å². The molecular formula is C16H27N5O3. The van der Waals surface area contributed by atoms with Gasteiger partial charge in [-0.25, -0.2) is 5.43 Å². The maximum atomic E-state index is 10.4. The van der Waals surface area contributed by atoms with E-state index >= 15 is 0 Å². The second kappa shape index (κ2) is 8.81. The van der Waals surface area contributed by atoms with Crippen LogP contribution in [-0.2, 0) is 9.53 Å². The Morgan fingerprint density at radius 1 is 1.54 bits per heavy atom. The van der Waals surface area contributed by atoms with Gasteiger partial charge in [-0.15, -0.1) is 0 Å². The Bertz CT molecular complexity index is 560. The molecule has 0 aromatic carbocycles. The standard InChI is InChI=1S/C9H15N3O.C7H12N2O2/c1-10-9-5-8(11-12-9)6-2-3-7(13)4-6;1-9-7(4-10)3-6(8-9)5-11-2/h5-7,13H,2-4H2,1H3,(H2,10,11,12);3-4,6,8H,5H2,1-2H3. The van der Waals surface area contributed by atoms with Crippen molar-refractivity contribution in [1.82, 2.24) is 20.6 Å². The molecule has 3 unspecified atom stereocenters. The summed E-state index contributed by atoms with van der Waals surface area (Å²) < 4.78 is 4.92. The molecule has 2 heterocycles. The summed E-state index contributed by atoms with van der Waals surface area (Å²) in [6.07, 6.45) is 5.39. The zero-order chi connectivity index (χ0) is 17.5. The number of aliphatic hydroxyl groups is 1. The Balaban J connectivity index is 0.000000177. The fraction of sp³-hybridized carbons (Fsp3) is 0.625. The molecule has 1 aromatic rings. The van der Waals surface area contributed by atoms with Crippen LogP contribution in [0.5, 0.6) is 0 Å². The quantitative estimate of drug-likeness (QED) is 0.584. The van der Waals surface area contributed by atoms with Crippen LogP contribution in [-0.4, -0.2) is 66.6 Å². The van der Waals surface area contributed by atoms with Crippen molar-refractivity contribution in [2.45, 2.75) is 37.3 Å². The molecule has 0 saturated heterocycles. The maximum absolute atomic E-state index is 10.4. The molecule has 1 aliphatic carbocycles. The third-order valence-electron chi connectivity index (χ3n) is 4.28. The van der Waals surface area contributed by atoms with Crippen LogP contribution >= 0.6 is 0 Å². The number of hydrogen-bond acceptors (Lipinski definition) is 7. The molecule has 1 fully saturated rings. The van der Waals surface area contributed by atoms with Gasteiger partial charge in [-0.3, -0.25) is 9.89 Å². The Kier molecular flexibility index (Phi) is 6.77.